The Labute approximate surface area is 89.1 Å². The van der Waals surface area contributed by atoms with Crippen molar-refractivity contribution in [3.63, 3.8) is 0 Å². The summed E-state index contributed by atoms with van der Waals surface area (Å²) in [5.74, 6) is 0.858. The molecule has 0 aromatic rings. The SMILES string of the molecule is CC(C)N1CCC(CNC(C)(C)C)C1. The maximum Gasteiger partial charge on any atom is 0.00966 e. The van der Waals surface area contributed by atoms with Gasteiger partial charge in [-0.25, -0.2) is 0 Å². The molecule has 2 nitrogen and oxygen atoms in total. The van der Waals surface area contributed by atoms with E-state index in [0.717, 1.165) is 12.0 Å². The Balaban J connectivity index is 2.23. The van der Waals surface area contributed by atoms with Gasteiger partial charge in [0, 0.05) is 18.1 Å². The van der Waals surface area contributed by atoms with Crippen molar-refractivity contribution in [3.05, 3.63) is 0 Å². The second-order valence-electron chi connectivity index (χ2n) is 5.87. The maximum atomic E-state index is 3.60. The van der Waals surface area contributed by atoms with Crippen LogP contribution in [0.2, 0.25) is 0 Å². The lowest BCUT2D eigenvalue weighted by Crippen LogP contribution is -2.40. The van der Waals surface area contributed by atoms with Crippen LogP contribution in [-0.4, -0.2) is 36.1 Å². The van der Waals surface area contributed by atoms with Gasteiger partial charge in [-0.1, -0.05) is 0 Å². The third-order valence-corrected chi connectivity index (χ3v) is 2.97. The van der Waals surface area contributed by atoms with Gasteiger partial charge in [-0.15, -0.1) is 0 Å². The van der Waals surface area contributed by atoms with Crippen LogP contribution in [0.1, 0.15) is 41.0 Å². The zero-order valence-electron chi connectivity index (χ0n) is 10.4. The summed E-state index contributed by atoms with van der Waals surface area (Å²) in [6.07, 6.45) is 1.36. The fraction of sp³-hybridized carbons (Fsp3) is 1.00. The summed E-state index contributed by atoms with van der Waals surface area (Å²) in [5.41, 5.74) is 0.269. The topological polar surface area (TPSA) is 15.3 Å². The summed E-state index contributed by atoms with van der Waals surface area (Å²) >= 11 is 0. The molecule has 0 aromatic heterocycles. The quantitative estimate of drug-likeness (QED) is 0.747. The predicted octanol–water partition coefficient (Wildman–Crippen LogP) is 2.10. The molecule has 1 fully saturated rings. The minimum atomic E-state index is 0.269. The lowest BCUT2D eigenvalue weighted by Gasteiger charge is -2.24. The van der Waals surface area contributed by atoms with Gasteiger partial charge in [-0.05, 0) is 60.0 Å². The number of nitrogens with one attached hydrogen (secondary N) is 1. The first kappa shape index (κ1) is 12.0. The molecule has 0 spiro atoms. The zero-order valence-corrected chi connectivity index (χ0v) is 10.4. The second-order valence-corrected chi connectivity index (χ2v) is 5.87. The number of hydrogen-bond donors (Lipinski definition) is 1. The molecule has 1 saturated heterocycles. The average molecular weight is 198 g/mol. The van der Waals surface area contributed by atoms with Crippen LogP contribution < -0.4 is 5.32 Å². The van der Waals surface area contributed by atoms with Crippen molar-refractivity contribution in [2.75, 3.05) is 19.6 Å². The Morgan fingerprint density at radius 2 is 2.00 bits per heavy atom. The van der Waals surface area contributed by atoms with E-state index in [1.807, 2.05) is 0 Å². The summed E-state index contributed by atoms with van der Waals surface area (Å²) in [6, 6.07) is 0.717. The first-order valence-electron chi connectivity index (χ1n) is 5.87. The molecule has 1 N–H and O–H groups in total. The molecule has 0 bridgehead atoms. The zero-order chi connectivity index (χ0) is 10.8. The second kappa shape index (κ2) is 4.63. The van der Waals surface area contributed by atoms with E-state index in [1.54, 1.807) is 0 Å². The van der Waals surface area contributed by atoms with Crippen molar-refractivity contribution < 1.29 is 0 Å². The Hall–Kier alpha value is -0.0800. The minimum absolute atomic E-state index is 0.269. The van der Waals surface area contributed by atoms with Gasteiger partial charge >= 0.3 is 0 Å². The van der Waals surface area contributed by atoms with Crippen molar-refractivity contribution >= 4 is 0 Å². The molecular weight excluding hydrogens is 172 g/mol. The molecule has 1 rings (SSSR count). The molecule has 1 atom stereocenters. The highest BCUT2D eigenvalue weighted by molar-refractivity contribution is 4.81. The van der Waals surface area contributed by atoms with E-state index < -0.39 is 0 Å². The molecule has 1 unspecified atom stereocenters. The summed E-state index contributed by atoms with van der Waals surface area (Å²) in [4.78, 5) is 2.58. The van der Waals surface area contributed by atoms with Crippen LogP contribution in [0, 0.1) is 5.92 Å². The molecule has 1 aliphatic heterocycles. The van der Waals surface area contributed by atoms with Crippen molar-refractivity contribution in [1.82, 2.24) is 10.2 Å². The van der Waals surface area contributed by atoms with E-state index in [4.69, 9.17) is 0 Å². The van der Waals surface area contributed by atoms with Crippen molar-refractivity contribution in [2.45, 2.75) is 52.6 Å². The molecule has 0 amide bonds. The van der Waals surface area contributed by atoms with Crippen LogP contribution in [0.5, 0.6) is 0 Å². The largest absolute Gasteiger partial charge is 0.312 e. The van der Waals surface area contributed by atoms with E-state index in [-0.39, 0.29) is 5.54 Å². The molecular formula is C12H26N2. The third kappa shape index (κ3) is 3.97. The monoisotopic (exact) mass is 198 g/mol. The normalized spacial score (nSPS) is 24.9. The third-order valence-electron chi connectivity index (χ3n) is 2.97. The van der Waals surface area contributed by atoms with Gasteiger partial charge in [0.2, 0.25) is 0 Å². The Morgan fingerprint density at radius 3 is 2.43 bits per heavy atom. The van der Waals surface area contributed by atoms with Gasteiger partial charge in [-0.3, -0.25) is 0 Å². The molecule has 84 valence electrons. The first-order valence-corrected chi connectivity index (χ1v) is 5.87. The Bertz CT molecular complexity index is 170. The molecule has 0 radical (unpaired) electrons. The average Bonchev–Trinajstić information content (AvgIpc) is 2.47. The van der Waals surface area contributed by atoms with E-state index in [9.17, 15) is 0 Å². The number of hydrogen-bond acceptors (Lipinski definition) is 2. The molecule has 14 heavy (non-hydrogen) atoms. The van der Waals surface area contributed by atoms with Gasteiger partial charge in [0.05, 0.1) is 0 Å². The van der Waals surface area contributed by atoms with E-state index >= 15 is 0 Å². The number of rotatable bonds is 3. The van der Waals surface area contributed by atoms with E-state index in [1.165, 1.54) is 26.1 Å². The highest BCUT2D eigenvalue weighted by Crippen LogP contribution is 2.18. The lowest BCUT2D eigenvalue weighted by molar-refractivity contribution is 0.260. The van der Waals surface area contributed by atoms with Crippen LogP contribution in [0.4, 0.5) is 0 Å². The standard InChI is InChI=1S/C12H26N2/c1-10(2)14-7-6-11(9-14)8-13-12(3,4)5/h10-11,13H,6-9H2,1-5H3. The molecule has 0 aliphatic carbocycles. The minimum Gasteiger partial charge on any atom is -0.312 e. The molecule has 0 aromatic carbocycles. The molecule has 0 saturated carbocycles. The fourth-order valence-corrected chi connectivity index (χ4v) is 1.95. The van der Waals surface area contributed by atoms with Gasteiger partial charge in [0.25, 0.3) is 0 Å². The highest BCUT2D eigenvalue weighted by Gasteiger charge is 2.24. The van der Waals surface area contributed by atoms with Crippen LogP contribution in [-0.2, 0) is 0 Å². The van der Waals surface area contributed by atoms with E-state index in [2.05, 4.69) is 44.8 Å². The summed E-state index contributed by atoms with van der Waals surface area (Å²) in [7, 11) is 0. The van der Waals surface area contributed by atoms with Crippen LogP contribution >= 0.6 is 0 Å². The van der Waals surface area contributed by atoms with Crippen LogP contribution in [0.25, 0.3) is 0 Å². The predicted molar refractivity (Wildman–Crippen MR) is 62.6 cm³/mol. The van der Waals surface area contributed by atoms with Crippen molar-refractivity contribution in [2.24, 2.45) is 5.92 Å². The molecule has 1 heterocycles. The smallest absolute Gasteiger partial charge is 0.00966 e. The molecule has 1 aliphatic rings. The van der Waals surface area contributed by atoms with Crippen molar-refractivity contribution in [1.29, 1.82) is 0 Å². The summed E-state index contributed by atoms with van der Waals surface area (Å²) in [5, 5.41) is 3.60. The van der Waals surface area contributed by atoms with Gasteiger partial charge in [0.15, 0.2) is 0 Å². The highest BCUT2D eigenvalue weighted by atomic mass is 15.2. The van der Waals surface area contributed by atoms with Gasteiger partial charge in [0.1, 0.15) is 0 Å². The fourth-order valence-electron chi connectivity index (χ4n) is 1.95. The van der Waals surface area contributed by atoms with E-state index in [0.29, 0.717) is 0 Å². The van der Waals surface area contributed by atoms with Gasteiger partial charge in [-0.2, -0.15) is 0 Å². The van der Waals surface area contributed by atoms with Crippen LogP contribution in [0.15, 0.2) is 0 Å². The maximum absolute atomic E-state index is 3.60. The summed E-state index contributed by atoms with van der Waals surface area (Å²) in [6.45, 7) is 15.0. The Morgan fingerprint density at radius 1 is 1.36 bits per heavy atom. The number of likely N-dealkylation sites (tertiary alicyclic amines) is 1. The Kier molecular flexibility index (Phi) is 3.96. The lowest BCUT2D eigenvalue weighted by atomic mass is 10.1. The van der Waals surface area contributed by atoms with Crippen molar-refractivity contribution in [3.8, 4) is 0 Å². The van der Waals surface area contributed by atoms with Gasteiger partial charge < -0.3 is 10.2 Å². The molecule has 2 heteroatoms. The number of nitrogens with zero attached hydrogens (tertiary/aromatic N) is 1. The van der Waals surface area contributed by atoms with Crippen LogP contribution in [0.3, 0.4) is 0 Å². The summed E-state index contributed by atoms with van der Waals surface area (Å²) < 4.78 is 0. The first-order chi connectivity index (χ1) is 6.38.